The summed E-state index contributed by atoms with van der Waals surface area (Å²) in [6.07, 6.45) is 4.58. The summed E-state index contributed by atoms with van der Waals surface area (Å²) < 4.78 is 14.9. The number of aryl methyl sites for hydroxylation is 1. The van der Waals surface area contributed by atoms with Crippen molar-refractivity contribution in [1.29, 1.82) is 0 Å². The van der Waals surface area contributed by atoms with Gasteiger partial charge in [0.1, 0.15) is 17.2 Å². The molecule has 144 valence electrons. The van der Waals surface area contributed by atoms with E-state index >= 15 is 0 Å². The van der Waals surface area contributed by atoms with E-state index in [4.69, 9.17) is 0 Å². The van der Waals surface area contributed by atoms with Gasteiger partial charge in [-0.25, -0.2) is 14.1 Å². The molecule has 3 rings (SSSR count). The molecule has 0 saturated heterocycles. The third kappa shape index (κ3) is 4.97. The first-order chi connectivity index (χ1) is 13.4. The fraction of sp³-hybridized carbons (Fsp3) is 0.273. The predicted molar refractivity (Wildman–Crippen MR) is 104 cm³/mol. The average Bonchev–Trinajstić information content (AvgIpc) is 3.15. The number of aromatic nitrogens is 3. The topological polar surface area (TPSA) is 64.8 Å². The summed E-state index contributed by atoms with van der Waals surface area (Å²) >= 11 is 0. The predicted octanol–water partition coefficient (Wildman–Crippen LogP) is 4.45. The Morgan fingerprint density at radius 1 is 1.07 bits per heavy atom. The zero-order valence-electron chi connectivity index (χ0n) is 15.9. The van der Waals surface area contributed by atoms with Crippen molar-refractivity contribution in [2.75, 3.05) is 0 Å². The van der Waals surface area contributed by atoms with Gasteiger partial charge in [0.2, 0.25) is 0 Å². The third-order valence-electron chi connectivity index (χ3n) is 4.26. The van der Waals surface area contributed by atoms with Crippen molar-refractivity contribution < 1.29 is 14.0 Å². The second kappa shape index (κ2) is 8.69. The van der Waals surface area contributed by atoms with Gasteiger partial charge in [-0.1, -0.05) is 26.0 Å². The lowest BCUT2D eigenvalue weighted by atomic mass is 10.0. The standard InChI is InChI=1S/C22H22FN3O2/c1-15(2)11-22(28)20-8-4-7-19(25-20)21(27)10-9-16-13-24-26(14-16)18-6-3-5-17(23)12-18/h3-8,12-15H,9-11H2,1-2H3. The lowest BCUT2D eigenvalue weighted by Crippen LogP contribution is -2.10. The van der Waals surface area contributed by atoms with Crippen LogP contribution in [0.15, 0.2) is 54.9 Å². The van der Waals surface area contributed by atoms with E-state index in [1.54, 1.807) is 47.4 Å². The van der Waals surface area contributed by atoms with E-state index in [1.807, 2.05) is 13.8 Å². The number of ketones is 2. The maximum atomic E-state index is 13.3. The molecule has 28 heavy (non-hydrogen) atoms. The number of pyridine rings is 1. The van der Waals surface area contributed by atoms with Crippen molar-refractivity contribution in [3.8, 4) is 5.69 Å². The minimum absolute atomic E-state index is 0.0546. The molecule has 0 amide bonds. The Balaban J connectivity index is 1.64. The monoisotopic (exact) mass is 379 g/mol. The summed E-state index contributed by atoms with van der Waals surface area (Å²) in [7, 11) is 0. The molecule has 0 fully saturated rings. The van der Waals surface area contributed by atoms with Gasteiger partial charge in [-0.05, 0) is 48.2 Å². The molecule has 3 aromatic rings. The Labute approximate surface area is 163 Å². The number of Topliss-reactive ketones (excluding diaryl/α,β-unsaturated/α-hetero) is 2. The summed E-state index contributed by atoms with van der Waals surface area (Å²) in [4.78, 5) is 28.9. The normalized spacial score (nSPS) is 11.0. The molecule has 0 unspecified atom stereocenters. The first kappa shape index (κ1) is 19.6. The first-order valence-corrected chi connectivity index (χ1v) is 9.25. The molecule has 0 bridgehead atoms. The van der Waals surface area contributed by atoms with Gasteiger partial charge in [0.05, 0.1) is 11.9 Å². The van der Waals surface area contributed by atoms with E-state index in [9.17, 15) is 14.0 Å². The molecule has 0 atom stereocenters. The molecule has 0 N–H and O–H groups in total. The number of hydrogen-bond donors (Lipinski definition) is 0. The highest BCUT2D eigenvalue weighted by molar-refractivity contribution is 5.98. The number of nitrogens with zero attached hydrogens (tertiary/aromatic N) is 3. The van der Waals surface area contributed by atoms with Gasteiger partial charge in [0.15, 0.2) is 11.6 Å². The maximum absolute atomic E-state index is 13.3. The van der Waals surface area contributed by atoms with Crippen LogP contribution in [0.5, 0.6) is 0 Å². The zero-order valence-corrected chi connectivity index (χ0v) is 15.9. The molecule has 0 aliphatic carbocycles. The summed E-state index contributed by atoms with van der Waals surface area (Å²) in [5.41, 5.74) is 2.12. The third-order valence-corrected chi connectivity index (χ3v) is 4.26. The number of halogens is 1. The van der Waals surface area contributed by atoms with Crippen molar-refractivity contribution in [1.82, 2.24) is 14.8 Å². The van der Waals surface area contributed by atoms with Crippen molar-refractivity contribution in [2.45, 2.75) is 33.1 Å². The molecule has 0 radical (unpaired) electrons. The molecule has 0 spiro atoms. The SMILES string of the molecule is CC(C)CC(=O)c1cccc(C(=O)CCc2cnn(-c3cccc(F)c3)c2)n1. The molecule has 0 aliphatic heterocycles. The molecule has 0 saturated carbocycles. The summed E-state index contributed by atoms with van der Waals surface area (Å²) in [5, 5.41) is 4.22. The molecule has 1 aromatic carbocycles. The Kier molecular flexibility index (Phi) is 6.09. The van der Waals surface area contributed by atoms with Crippen LogP contribution < -0.4 is 0 Å². The van der Waals surface area contributed by atoms with E-state index in [2.05, 4.69) is 10.1 Å². The fourth-order valence-corrected chi connectivity index (χ4v) is 2.86. The zero-order chi connectivity index (χ0) is 20.1. The van der Waals surface area contributed by atoms with Crippen LogP contribution in [0.3, 0.4) is 0 Å². The maximum Gasteiger partial charge on any atom is 0.181 e. The lowest BCUT2D eigenvalue weighted by molar-refractivity contribution is 0.0962. The van der Waals surface area contributed by atoms with Gasteiger partial charge in [-0.3, -0.25) is 9.59 Å². The van der Waals surface area contributed by atoms with Crippen molar-refractivity contribution in [2.24, 2.45) is 5.92 Å². The molecule has 0 aliphatic rings. The minimum atomic E-state index is -0.331. The van der Waals surface area contributed by atoms with Crippen LogP contribution in [0.4, 0.5) is 4.39 Å². The van der Waals surface area contributed by atoms with Crippen LogP contribution >= 0.6 is 0 Å². The van der Waals surface area contributed by atoms with Crippen LogP contribution in [0.1, 0.15) is 53.2 Å². The van der Waals surface area contributed by atoms with Crippen molar-refractivity contribution in [3.63, 3.8) is 0 Å². The van der Waals surface area contributed by atoms with Crippen molar-refractivity contribution in [3.05, 3.63) is 77.6 Å². The molecular weight excluding hydrogens is 357 g/mol. The van der Waals surface area contributed by atoms with E-state index < -0.39 is 0 Å². The Bertz CT molecular complexity index is 995. The molecule has 2 aromatic heterocycles. The van der Waals surface area contributed by atoms with Gasteiger partial charge >= 0.3 is 0 Å². The summed E-state index contributed by atoms with van der Waals surface area (Å²) in [6.45, 7) is 3.94. The van der Waals surface area contributed by atoms with Gasteiger partial charge in [0.25, 0.3) is 0 Å². The minimum Gasteiger partial charge on any atom is -0.292 e. The molecular formula is C22H22FN3O2. The molecule has 5 nitrogen and oxygen atoms in total. The Morgan fingerprint density at radius 3 is 2.50 bits per heavy atom. The second-order valence-corrected chi connectivity index (χ2v) is 7.13. The number of benzene rings is 1. The quantitative estimate of drug-likeness (QED) is 0.543. The number of rotatable bonds is 8. The second-order valence-electron chi connectivity index (χ2n) is 7.13. The Hall–Kier alpha value is -3.15. The lowest BCUT2D eigenvalue weighted by Gasteiger charge is -2.05. The highest BCUT2D eigenvalue weighted by Gasteiger charge is 2.14. The van der Waals surface area contributed by atoms with Gasteiger partial charge in [0, 0.05) is 19.0 Å². The van der Waals surface area contributed by atoms with Crippen LogP contribution in [0, 0.1) is 11.7 Å². The number of carbonyl (C=O) groups excluding carboxylic acids is 2. The fourth-order valence-electron chi connectivity index (χ4n) is 2.86. The number of carbonyl (C=O) groups is 2. The highest BCUT2D eigenvalue weighted by atomic mass is 19.1. The smallest absolute Gasteiger partial charge is 0.181 e. The van der Waals surface area contributed by atoms with Crippen LogP contribution in [-0.2, 0) is 6.42 Å². The van der Waals surface area contributed by atoms with Crippen LogP contribution in [0.25, 0.3) is 5.69 Å². The van der Waals surface area contributed by atoms with Gasteiger partial charge in [-0.15, -0.1) is 0 Å². The largest absolute Gasteiger partial charge is 0.292 e. The van der Waals surface area contributed by atoms with E-state index in [1.165, 1.54) is 12.1 Å². The van der Waals surface area contributed by atoms with Gasteiger partial charge < -0.3 is 0 Å². The number of hydrogen-bond acceptors (Lipinski definition) is 4. The molecule has 2 heterocycles. The van der Waals surface area contributed by atoms with E-state index in [0.717, 1.165) is 5.56 Å². The average molecular weight is 379 g/mol. The first-order valence-electron chi connectivity index (χ1n) is 9.25. The molecule has 6 heteroatoms. The van der Waals surface area contributed by atoms with E-state index in [-0.39, 0.29) is 29.7 Å². The highest BCUT2D eigenvalue weighted by Crippen LogP contribution is 2.13. The van der Waals surface area contributed by atoms with Gasteiger partial charge in [-0.2, -0.15) is 5.10 Å². The van der Waals surface area contributed by atoms with E-state index in [0.29, 0.717) is 29.9 Å². The Morgan fingerprint density at radius 2 is 1.79 bits per heavy atom. The van der Waals surface area contributed by atoms with Crippen LogP contribution in [-0.4, -0.2) is 26.3 Å². The van der Waals surface area contributed by atoms with Crippen molar-refractivity contribution >= 4 is 11.6 Å². The summed E-state index contributed by atoms with van der Waals surface area (Å²) in [6, 6.07) is 11.1. The summed E-state index contributed by atoms with van der Waals surface area (Å²) in [5.74, 6) is -0.273. The van der Waals surface area contributed by atoms with Crippen LogP contribution in [0.2, 0.25) is 0 Å².